The summed E-state index contributed by atoms with van der Waals surface area (Å²) in [7, 11) is 1.56. The summed E-state index contributed by atoms with van der Waals surface area (Å²) in [6.45, 7) is 8.49. The summed E-state index contributed by atoms with van der Waals surface area (Å²) >= 11 is 0. The zero-order valence-corrected chi connectivity index (χ0v) is 11.5. The molecular formula is C12H25N3O2. The van der Waals surface area contributed by atoms with E-state index in [1.165, 1.54) is 0 Å². The van der Waals surface area contributed by atoms with Gasteiger partial charge in [-0.2, -0.15) is 0 Å². The van der Waals surface area contributed by atoms with E-state index in [0.29, 0.717) is 0 Å². The monoisotopic (exact) mass is 243 g/mol. The molecule has 0 fully saturated rings. The molecule has 0 aliphatic rings. The Balaban J connectivity index is 4.36. The van der Waals surface area contributed by atoms with Crippen LogP contribution in [-0.2, 0) is 9.59 Å². The molecule has 0 radical (unpaired) electrons. The molecule has 0 aromatic carbocycles. The highest BCUT2D eigenvalue weighted by Crippen LogP contribution is 2.02. The van der Waals surface area contributed by atoms with Gasteiger partial charge in [-0.15, -0.1) is 0 Å². The molecule has 0 aliphatic heterocycles. The second-order valence-electron chi connectivity index (χ2n) is 4.52. The first-order valence-corrected chi connectivity index (χ1v) is 6.19. The van der Waals surface area contributed by atoms with Gasteiger partial charge in [0.05, 0.1) is 6.04 Å². The third-order valence-corrected chi connectivity index (χ3v) is 2.56. The van der Waals surface area contributed by atoms with Gasteiger partial charge in [0.1, 0.15) is 6.04 Å². The van der Waals surface area contributed by atoms with Crippen molar-refractivity contribution in [3.63, 3.8) is 0 Å². The van der Waals surface area contributed by atoms with Gasteiger partial charge in [0.15, 0.2) is 0 Å². The van der Waals surface area contributed by atoms with Crippen LogP contribution in [0.15, 0.2) is 0 Å². The molecule has 0 rings (SSSR count). The lowest BCUT2D eigenvalue weighted by molar-refractivity contribution is -0.130. The van der Waals surface area contributed by atoms with Crippen molar-refractivity contribution in [2.24, 2.45) is 5.92 Å². The molecule has 0 saturated heterocycles. The van der Waals surface area contributed by atoms with Crippen molar-refractivity contribution in [3.8, 4) is 0 Å². The minimum absolute atomic E-state index is 0.121. The van der Waals surface area contributed by atoms with E-state index < -0.39 is 6.04 Å². The lowest BCUT2D eigenvalue weighted by atomic mass is 10.0. The molecule has 0 bridgehead atoms. The number of nitrogens with one attached hydrogen (secondary N) is 3. The Morgan fingerprint density at radius 2 is 1.71 bits per heavy atom. The first-order valence-electron chi connectivity index (χ1n) is 6.19. The minimum atomic E-state index is -0.503. The highest BCUT2D eigenvalue weighted by Gasteiger charge is 2.24. The van der Waals surface area contributed by atoms with Gasteiger partial charge in [0.25, 0.3) is 0 Å². The normalized spacial score (nSPS) is 14.2. The number of hydrogen-bond donors (Lipinski definition) is 3. The number of hydrogen-bond acceptors (Lipinski definition) is 3. The molecule has 0 aromatic rings. The molecule has 3 N–H and O–H groups in total. The lowest BCUT2D eigenvalue weighted by Gasteiger charge is -2.23. The molecule has 5 nitrogen and oxygen atoms in total. The fourth-order valence-corrected chi connectivity index (χ4v) is 1.52. The molecule has 0 heterocycles. The summed E-state index contributed by atoms with van der Waals surface area (Å²) in [4.78, 5) is 23.3. The summed E-state index contributed by atoms with van der Waals surface area (Å²) in [6, 6.07) is -0.751. The van der Waals surface area contributed by atoms with Crippen molar-refractivity contribution in [2.75, 3.05) is 13.6 Å². The second-order valence-corrected chi connectivity index (χ2v) is 4.52. The molecule has 5 heteroatoms. The molecule has 1 unspecified atom stereocenters. The van der Waals surface area contributed by atoms with E-state index in [4.69, 9.17) is 0 Å². The van der Waals surface area contributed by atoms with Crippen LogP contribution >= 0.6 is 0 Å². The maximum Gasteiger partial charge on any atom is 0.242 e. The molecule has 0 spiro atoms. The first kappa shape index (κ1) is 15.9. The zero-order valence-electron chi connectivity index (χ0n) is 11.5. The summed E-state index contributed by atoms with van der Waals surface area (Å²) in [6.07, 6.45) is 0.974. The average molecular weight is 243 g/mol. The van der Waals surface area contributed by atoms with Crippen LogP contribution in [-0.4, -0.2) is 37.5 Å². The number of rotatable bonds is 7. The standard InChI is InChI=1S/C12H25N3O2/c1-6-7-14-10(8(2)3)12(17)15-9(4)11(16)13-5/h8-10,14H,6-7H2,1-5H3,(H,13,16)(H,15,17)/t9-,10?/m0/s1. The number of carbonyl (C=O) groups excluding carboxylic acids is 2. The third-order valence-electron chi connectivity index (χ3n) is 2.56. The zero-order chi connectivity index (χ0) is 13.4. The predicted molar refractivity (Wildman–Crippen MR) is 68.6 cm³/mol. The highest BCUT2D eigenvalue weighted by atomic mass is 16.2. The van der Waals surface area contributed by atoms with Crippen molar-refractivity contribution in [3.05, 3.63) is 0 Å². The number of carbonyl (C=O) groups is 2. The Labute approximate surface area is 104 Å². The van der Waals surface area contributed by atoms with E-state index in [0.717, 1.165) is 13.0 Å². The average Bonchev–Trinajstić information content (AvgIpc) is 2.27. The SMILES string of the molecule is CCCNC(C(=O)N[C@@H](C)C(=O)NC)C(C)C. The molecule has 2 atom stereocenters. The molecule has 100 valence electrons. The van der Waals surface area contributed by atoms with E-state index in [1.807, 2.05) is 13.8 Å². The Kier molecular flexibility index (Phi) is 7.54. The number of likely N-dealkylation sites (N-methyl/N-ethyl adjacent to an activating group) is 1. The van der Waals surface area contributed by atoms with Crippen LogP contribution in [0, 0.1) is 5.92 Å². The molecular weight excluding hydrogens is 218 g/mol. The van der Waals surface area contributed by atoms with Gasteiger partial charge in [-0.1, -0.05) is 20.8 Å². The third kappa shape index (κ3) is 5.68. The van der Waals surface area contributed by atoms with Crippen LogP contribution in [0.1, 0.15) is 34.1 Å². The van der Waals surface area contributed by atoms with Crippen LogP contribution in [0.4, 0.5) is 0 Å². The first-order chi connectivity index (χ1) is 7.93. The molecule has 2 amide bonds. The maximum absolute atomic E-state index is 12.0. The van der Waals surface area contributed by atoms with Crippen LogP contribution in [0.3, 0.4) is 0 Å². The topological polar surface area (TPSA) is 70.2 Å². The Morgan fingerprint density at radius 1 is 1.12 bits per heavy atom. The smallest absolute Gasteiger partial charge is 0.242 e. The molecule has 17 heavy (non-hydrogen) atoms. The molecule has 0 aromatic heterocycles. The quantitative estimate of drug-likeness (QED) is 0.601. The highest BCUT2D eigenvalue weighted by molar-refractivity contribution is 5.89. The molecule has 0 aliphatic carbocycles. The predicted octanol–water partition coefficient (Wildman–Crippen LogP) is 0.261. The fourth-order valence-electron chi connectivity index (χ4n) is 1.52. The lowest BCUT2D eigenvalue weighted by Crippen LogP contribution is -2.53. The maximum atomic E-state index is 12.0. The van der Waals surface area contributed by atoms with Crippen LogP contribution in [0.25, 0.3) is 0 Å². The van der Waals surface area contributed by atoms with Gasteiger partial charge in [0.2, 0.25) is 11.8 Å². The van der Waals surface area contributed by atoms with Crippen LogP contribution in [0.5, 0.6) is 0 Å². The van der Waals surface area contributed by atoms with E-state index in [-0.39, 0.29) is 23.8 Å². The van der Waals surface area contributed by atoms with Crippen molar-refractivity contribution in [1.82, 2.24) is 16.0 Å². The largest absolute Gasteiger partial charge is 0.357 e. The van der Waals surface area contributed by atoms with Gasteiger partial charge in [-0.25, -0.2) is 0 Å². The number of amides is 2. The Morgan fingerprint density at radius 3 is 2.12 bits per heavy atom. The van der Waals surface area contributed by atoms with Crippen molar-refractivity contribution in [1.29, 1.82) is 0 Å². The van der Waals surface area contributed by atoms with Gasteiger partial charge >= 0.3 is 0 Å². The Bertz CT molecular complexity index is 254. The van der Waals surface area contributed by atoms with Gasteiger partial charge in [0, 0.05) is 7.05 Å². The summed E-state index contributed by atoms with van der Waals surface area (Å²) in [5.74, 6) is -0.112. The molecule has 0 saturated carbocycles. The summed E-state index contributed by atoms with van der Waals surface area (Å²) in [5.41, 5.74) is 0. The van der Waals surface area contributed by atoms with Gasteiger partial charge in [-0.3, -0.25) is 9.59 Å². The second kappa shape index (κ2) is 8.06. The van der Waals surface area contributed by atoms with Gasteiger partial charge in [-0.05, 0) is 25.8 Å². The van der Waals surface area contributed by atoms with E-state index >= 15 is 0 Å². The van der Waals surface area contributed by atoms with Crippen molar-refractivity contribution >= 4 is 11.8 Å². The summed E-state index contributed by atoms with van der Waals surface area (Å²) < 4.78 is 0. The van der Waals surface area contributed by atoms with E-state index in [1.54, 1.807) is 14.0 Å². The van der Waals surface area contributed by atoms with Crippen LogP contribution in [0.2, 0.25) is 0 Å². The minimum Gasteiger partial charge on any atom is -0.357 e. The van der Waals surface area contributed by atoms with Crippen LogP contribution < -0.4 is 16.0 Å². The fraction of sp³-hybridized carbons (Fsp3) is 0.833. The van der Waals surface area contributed by atoms with E-state index in [2.05, 4.69) is 22.9 Å². The Hall–Kier alpha value is -1.10. The summed E-state index contributed by atoms with van der Waals surface area (Å²) in [5, 5.41) is 8.40. The van der Waals surface area contributed by atoms with Crippen molar-refractivity contribution in [2.45, 2.75) is 46.2 Å². The van der Waals surface area contributed by atoms with Crippen molar-refractivity contribution < 1.29 is 9.59 Å². The van der Waals surface area contributed by atoms with Gasteiger partial charge < -0.3 is 16.0 Å². The van der Waals surface area contributed by atoms with E-state index in [9.17, 15) is 9.59 Å².